The molecule has 0 unspecified atom stereocenters. The molecule has 2 aromatic rings. The number of hydrogen-bond acceptors (Lipinski definition) is 5. The maximum Gasteiger partial charge on any atom is 0.293 e. The van der Waals surface area contributed by atoms with E-state index in [0.29, 0.717) is 10.8 Å². The van der Waals surface area contributed by atoms with Crippen molar-refractivity contribution in [3.8, 4) is 5.75 Å². The number of nitrogens with one attached hydrogen (secondary N) is 1. The minimum absolute atomic E-state index is 0.0832. The Balaban J connectivity index is 2.17. The number of nitro benzene ring substituents is 1. The highest BCUT2D eigenvalue weighted by Gasteiger charge is 2.13. The first-order chi connectivity index (χ1) is 10.0. The van der Waals surface area contributed by atoms with Crippen LogP contribution in [-0.4, -0.2) is 4.92 Å². The van der Waals surface area contributed by atoms with E-state index in [1.807, 2.05) is 13.0 Å². The molecule has 7 heteroatoms. The summed E-state index contributed by atoms with van der Waals surface area (Å²) in [6.45, 7) is 2.17. The SMILES string of the molecule is Cc1ccc(Cl)cc1OCc1ccc([N+](=O)[O-])c(NN)c1. The molecule has 0 amide bonds. The molecule has 0 spiro atoms. The van der Waals surface area contributed by atoms with Gasteiger partial charge in [-0.05, 0) is 42.3 Å². The van der Waals surface area contributed by atoms with E-state index in [0.717, 1.165) is 11.1 Å². The molecule has 6 nitrogen and oxygen atoms in total. The van der Waals surface area contributed by atoms with Gasteiger partial charge in [0.25, 0.3) is 5.69 Å². The van der Waals surface area contributed by atoms with Gasteiger partial charge in [0.05, 0.1) is 4.92 Å². The highest BCUT2D eigenvalue weighted by molar-refractivity contribution is 6.30. The van der Waals surface area contributed by atoms with Gasteiger partial charge in [-0.25, -0.2) is 0 Å². The maximum atomic E-state index is 10.8. The third kappa shape index (κ3) is 3.62. The van der Waals surface area contributed by atoms with Crippen molar-refractivity contribution >= 4 is 23.0 Å². The van der Waals surface area contributed by atoms with Crippen molar-refractivity contribution in [3.05, 3.63) is 62.7 Å². The summed E-state index contributed by atoms with van der Waals surface area (Å²) in [5.41, 5.74) is 4.19. The summed E-state index contributed by atoms with van der Waals surface area (Å²) in [6, 6.07) is 9.96. The molecule has 0 aromatic heterocycles. The summed E-state index contributed by atoms with van der Waals surface area (Å²) in [5, 5.41) is 11.4. The largest absolute Gasteiger partial charge is 0.489 e. The molecule has 2 rings (SSSR count). The molecule has 0 saturated carbocycles. The molecule has 110 valence electrons. The Morgan fingerprint density at radius 2 is 2.10 bits per heavy atom. The monoisotopic (exact) mass is 307 g/mol. The Kier molecular flexibility index (Phi) is 4.62. The van der Waals surface area contributed by atoms with Crippen LogP contribution in [0, 0.1) is 17.0 Å². The summed E-state index contributed by atoms with van der Waals surface area (Å²) in [5.74, 6) is 5.97. The van der Waals surface area contributed by atoms with Gasteiger partial charge in [0, 0.05) is 11.1 Å². The van der Waals surface area contributed by atoms with Crippen LogP contribution >= 0.6 is 11.6 Å². The molecule has 2 aromatic carbocycles. The number of aryl methyl sites for hydroxylation is 1. The van der Waals surface area contributed by atoms with Crippen LogP contribution in [0.3, 0.4) is 0 Å². The number of nitrogens with two attached hydrogens (primary N) is 1. The van der Waals surface area contributed by atoms with E-state index in [1.165, 1.54) is 6.07 Å². The average Bonchev–Trinajstić information content (AvgIpc) is 2.47. The number of hydrazine groups is 1. The fourth-order valence-electron chi connectivity index (χ4n) is 1.84. The molecule has 0 aliphatic rings. The third-order valence-corrected chi connectivity index (χ3v) is 3.19. The first-order valence-corrected chi connectivity index (χ1v) is 6.52. The summed E-state index contributed by atoms with van der Waals surface area (Å²) in [4.78, 5) is 10.3. The Labute approximate surface area is 126 Å². The van der Waals surface area contributed by atoms with Gasteiger partial charge in [-0.3, -0.25) is 16.0 Å². The predicted octanol–water partition coefficient (Wildman–Crippen LogP) is 3.42. The van der Waals surface area contributed by atoms with Gasteiger partial charge in [-0.2, -0.15) is 0 Å². The Morgan fingerprint density at radius 1 is 1.33 bits per heavy atom. The molecule has 0 atom stereocenters. The van der Waals surface area contributed by atoms with Gasteiger partial charge in [-0.15, -0.1) is 0 Å². The highest BCUT2D eigenvalue weighted by atomic mass is 35.5. The summed E-state index contributed by atoms with van der Waals surface area (Å²) < 4.78 is 5.68. The van der Waals surface area contributed by atoms with E-state index in [2.05, 4.69) is 5.43 Å². The lowest BCUT2D eigenvalue weighted by Gasteiger charge is -2.10. The first-order valence-electron chi connectivity index (χ1n) is 6.14. The number of hydrogen-bond donors (Lipinski definition) is 2. The van der Waals surface area contributed by atoms with Gasteiger partial charge in [0.15, 0.2) is 0 Å². The van der Waals surface area contributed by atoms with E-state index >= 15 is 0 Å². The van der Waals surface area contributed by atoms with Gasteiger partial charge in [-0.1, -0.05) is 17.7 Å². The van der Waals surface area contributed by atoms with Crippen LogP contribution in [0.5, 0.6) is 5.75 Å². The van der Waals surface area contributed by atoms with E-state index in [4.69, 9.17) is 22.2 Å². The third-order valence-electron chi connectivity index (χ3n) is 2.96. The lowest BCUT2D eigenvalue weighted by molar-refractivity contribution is -0.384. The van der Waals surface area contributed by atoms with Crippen molar-refractivity contribution in [3.63, 3.8) is 0 Å². The number of nitrogen functional groups attached to an aromatic ring is 1. The van der Waals surface area contributed by atoms with Crippen LogP contribution in [0.15, 0.2) is 36.4 Å². The zero-order valence-corrected chi connectivity index (χ0v) is 12.1. The van der Waals surface area contributed by atoms with Crippen molar-refractivity contribution < 1.29 is 9.66 Å². The lowest BCUT2D eigenvalue weighted by Crippen LogP contribution is -2.10. The van der Waals surface area contributed by atoms with Crippen molar-refractivity contribution in [1.82, 2.24) is 0 Å². The Morgan fingerprint density at radius 3 is 2.76 bits per heavy atom. The Hall–Kier alpha value is -2.31. The molecule has 3 N–H and O–H groups in total. The van der Waals surface area contributed by atoms with Crippen LogP contribution in [0.4, 0.5) is 11.4 Å². The second kappa shape index (κ2) is 6.43. The maximum absolute atomic E-state index is 10.8. The number of rotatable bonds is 5. The molecular formula is C14H14ClN3O3. The molecule has 0 saturated heterocycles. The molecule has 0 fully saturated rings. The minimum Gasteiger partial charge on any atom is -0.489 e. The first kappa shape index (κ1) is 15.1. The molecule has 21 heavy (non-hydrogen) atoms. The second-order valence-corrected chi connectivity index (χ2v) is 4.89. The predicted molar refractivity (Wildman–Crippen MR) is 81.4 cm³/mol. The van der Waals surface area contributed by atoms with Crippen LogP contribution in [0.25, 0.3) is 0 Å². The van der Waals surface area contributed by atoms with E-state index in [9.17, 15) is 10.1 Å². The standard InChI is InChI=1S/C14H14ClN3O3/c1-9-2-4-11(15)7-14(9)21-8-10-3-5-13(18(19)20)12(6-10)17-16/h2-7,17H,8,16H2,1H3. The number of anilines is 1. The van der Waals surface area contributed by atoms with Crippen LogP contribution in [0.1, 0.15) is 11.1 Å². The average molecular weight is 308 g/mol. The number of benzene rings is 2. The minimum atomic E-state index is -0.499. The molecule has 0 bridgehead atoms. The number of nitro groups is 1. The van der Waals surface area contributed by atoms with Crippen molar-refractivity contribution in [2.24, 2.45) is 5.84 Å². The van der Waals surface area contributed by atoms with Gasteiger partial charge in [0.2, 0.25) is 0 Å². The summed E-state index contributed by atoms with van der Waals surface area (Å²) in [6.07, 6.45) is 0. The summed E-state index contributed by atoms with van der Waals surface area (Å²) >= 11 is 5.92. The highest BCUT2D eigenvalue weighted by Crippen LogP contribution is 2.27. The van der Waals surface area contributed by atoms with Gasteiger partial charge in [0.1, 0.15) is 18.0 Å². The van der Waals surface area contributed by atoms with Crippen LogP contribution in [0.2, 0.25) is 5.02 Å². The molecule has 0 aliphatic heterocycles. The molecule has 0 heterocycles. The second-order valence-electron chi connectivity index (χ2n) is 4.45. The quantitative estimate of drug-likeness (QED) is 0.502. The van der Waals surface area contributed by atoms with Crippen molar-refractivity contribution in [2.75, 3.05) is 5.43 Å². The summed E-state index contributed by atoms with van der Waals surface area (Å²) in [7, 11) is 0. The lowest BCUT2D eigenvalue weighted by atomic mass is 10.2. The molecule has 0 aliphatic carbocycles. The van der Waals surface area contributed by atoms with Crippen molar-refractivity contribution in [1.29, 1.82) is 0 Å². The van der Waals surface area contributed by atoms with E-state index in [-0.39, 0.29) is 18.0 Å². The molecular weight excluding hydrogens is 294 g/mol. The number of nitrogens with zero attached hydrogens (tertiary/aromatic N) is 1. The zero-order chi connectivity index (χ0) is 15.4. The van der Waals surface area contributed by atoms with Crippen molar-refractivity contribution in [2.45, 2.75) is 13.5 Å². The van der Waals surface area contributed by atoms with Gasteiger partial charge >= 0.3 is 0 Å². The topological polar surface area (TPSA) is 90.4 Å². The fourth-order valence-corrected chi connectivity index (χ4v) is 2.00. The normalized spacial score (nSPS) is 10.2. The fraction of sp³-hybridized carbons (Fsp3) is 0.143. The number of halogens is 1. The van der Waals surface area contributed by atoms with Gasteiger partial charge < -0.3 is 10.2 Å². The number of ether oxygens (including phenoxy) is 1. The zero-order valence-electron chi connectivity index (χ0n) is 11.3. The van der Waals surface area contributed by atoms with Crippen LogP contribution in [-0.2, 0) is 6.61 Å². The molecule has 0 radical (unpaired) electrons. The Bertz CT molecular complexity index is 677. The van der Waals surface area contributed by atoms with Crippen LogP contribution < -0.4 is 16.0 Å². The smallest absolute Gasteiger partial charge is 0.293 e. The van der Waals surface area contributed by atoms with E-state index < -0.39 is 4.92 Å². The van der Waals surface area contributed by atoms with E-state index in [1.54, 1.807) is 24.3 Å².